The Morgan fingerprint density at radius 3 is 2.54 bits per heavy atom. The third kappa shape index (κ3) is 3.86. The molecule has 144 valence electrons. The largest absolute Gasteiger partial charge is 0.457 e. The van der Waals surface area contributed by atoms with Crippen LogP contribution in [0.5, 0.6) is 0 Å². The van der Waals surface area contributed by atoms with E-state index in [4.69, 9.17) is 16.0 Å². The molecule has 1 aromatic carbocycles. The summed E-state index contributed by atoms with van der Waals surface area (Å²) in [5, 5.41) is 0.195. The average molecular weight is 417 g/mol. The quantitative estimate of drug-likeness (QED) is 0.696. The van der Waals surface area contributed by atoms with Crippen LogP contribution in [-0.4, -0.2) is 46.5 Å². The number of furan rings is 1. The molecule has 0 radical (unpaired) electrons. The van der Waals surface area contributed by atoms with Crippen molar-refractivity contribution in [3.05, 3.63) is 52.1 Å². The fourth-order valence-corrected chi connectivity index (χ4v) is 4.11. The van der Waals surface area contributed by atoms with Crippen LogP contribution in [0.25, 0.3) is 17.4 Å². The van der Waals surface area contributed by atoms with Gasteiger partial charge in [-0.15, -0.1) is 0 Å². The van der Waals surface area contributed by atoms with Gasteiger partial charge in [0.25, 0.3) is 11.1 Å². The number of nitrogens with zero attached hydrogens (tertiary/aromatic N) is 2. The normalized spacial score (nSPS) is 18.5. The van der Waals surface area contributed by atoms with Gasteiger partial charge in [-0.25, -0.2) is 0 Å². The van der Waals surface area contributed by atoms with Crippen molar-refractivity contribution in [3.63, 3.8) is 0 Å². The van der Waals surface area contributed by atoms with Gasteiger partial charge in [0.05, 0.1) is 4.91 Å². The molecule has 0 aliphatic carbocycles. The number of carbonyl (C=O) groups excluding carboxylic acids is 3. The molecule has 2 aromatic rings. The molecule has 0 spiro atoms. The number of halogens is 1. The molecule has 0 unspecified atom stereocenters. The number of benzene rings is 1. The molecule has 28 heavy (non-hydrogen) atoms. The third-order valence-corrected chi connectivity index (χ3v) is 5.81. The molecule has 0 bridgehead atoms. The number of imide groups is 1. The van der Waals surface area contributed by atoms with Gasteiger partial charge in [0.15, 0.2) is 0 Å². The predicted molar refractivity (Wildman–Crippen MR) is 108 cm³/mol. The molecule has 0 N–H and O–H groups in total. The minimum absolute atomic E-state index is 0.191. The van der Waals surface area contributed by atoms with E-state index in [-0.39, 0.29) is 17.4 Å². The van der Waals surface area contributed by atoms with Crippen molar-refractivity contribution in [1.82, 2.24) is 9.80 Å². The highest BCUT2D eigenvalue weighted by atomic mass is 35.5. The lowest BCUT2D eigenvalue weighted by Crippen LogP contribution is -2.40. The molecular weight excluding hydrogens is 400 g/mol. The molecule has 1 aromatic heterocycles. The van der Waals surface area contributed by atoms with Gasteiger partial charge in [-0.05, 0) is 61.0 Å². The van der Waals surface area contributed by atoms with Crippen LogP contribution in [0.4, 0.5) is 4.79 Å². The van der Waals surface area contributed by atoms with Crippen LogP contribution < -0.4 is 0 Å². The maximum Gasteiger partial charge on any atom is 0.294 e. The molecule has 3 heterocycles. The molecular formula is C20H17ClN2O4S. The van der Waals surface area contributed by atoms with Gasteiger partial charge in [0, 0.05) is 29.8 Å². The number of rotatable bonds is 4. The number of hydrogen-bond donors (Lipinski definition) is 0. The number of amides is 3. The van der Waals surface area contributed by atoms with E-state index in [1.54, 1.807) is 29.2 Å². The molecule has 2 fully saturated rings. The van der Waals surface area contributed by atoms with Crippen molar-refractivity contribution in [2.24, 2.45) is 0 Å². The second-order valence-corrected chi connectivity index (χ2v) is 7.99. The Morgan fingerprint density at radius 1 is 1.11 bits per heavy atom. The summed E-state index contributed by atoms with van der Waals surface area (Å²) in [5.74, 6) is 0.434. The van der Waals surface area contributed by atoms with Crippen LogP contribution in [0.3, 0.4) is 0 Å². The average Bonchev–Trinajstić information content (AvgIpc) is 3.41. The van der Waals surface area contributed by atoms with Gasteiger partial charge < -0.3 is 9.32 Å². The molecule has 2 aliphatic rings. The zero-order chi connectivity index (χ0) is 19.7. The summed E-state index contributed by atoms with van der Waals surface area (Å²) in [6.45, 7) is 1.16. The SMILES string of the molecule is O=C(CN1C(=O)S/C(=C\c2ccc(-c3ccc(Cl)cc3)o2)C1=O)N1CCCC1. The predicted octanol–water partition coefficient (Wildman–Crippen LogP) is 4.26. The van der Waals surface area contributed by atoms with E-state index in [1.165, 1.54) is 6.08 Å². The van der Waals surface area contributed by atoms with Crippen molar-refractivity contribution < 1.29 is 18.8 Å². The summed E-state index contributed by atoms with van der Waals surface area (Å²) in [5.41, 5.74) is 0.855. The lowest BCUT2D eigenvalue weighted by atomic mass is 10.2. The highest BCUT2D eigenvalue weighted by molar-refractivity contribution is 8.18. The van der Waals surface area contributed by atoms with Crippen LogP contribution >= 0.6 is 23.4 Å². The second kappa shape index (κ2) is 7.85. The van der Waals surface area contributed by atoms with Gasteiger partial charge in [-0.2, -0.15) is 0 Å². The lowest BCUT2D eigenvalue weighted by molar-refractivity contribution is -0.135. The van der Waals surface area contributed by atoms with E-state index in [2.05, 4.69) is 0 Å². The zero-order valence-electron chi connectivity index (χ0n) is 14.9. The van der Waals surface area contributed by atoms with E-state index in [0.717, 1.165) is 35.1 Å². The molecule has 6 nitrogen and oxygen atoms in total. The standard InChI is InChI=1S/C20H17ClN2O4S/c21-14-5-3-13(4-6-14)16-8-7-15(27-16)11-17-19(25)23(20(26)28-17)12-18(24)22-9-1-2-10-22/h3-8,11H,1-2,9-10,12H2/b17-11-. The van der Waals surface area contributed by atoms with Crippen LogP contribution in [-0.2, 0) is 9.59 Å². The van der Waals surface area contributed by atoms with Crippen molar-refractivity contribution in [1.29, 1.82) is 0 Å². The highest BCUT2D eigenvalue weighted by Gasteiger charge is 2.37. The summed E-state index contributed by atoms with van der Waals surface area (Å²) in [6, 6.07) is 10.7. The molecule has 4 rings (SSSR count). The monoisotopic (exact) mass is 416 g/mol. The molecule has 8 heteroatoms. The van der Waals surface area contributed by atoms with Crippen LogP contribution in [0.1, 0.15) is 18.6 Å². The van der Waals surface area contributed by atoms with Crippen molar-refractivity contribution in [2.75, 3.05) is 19.6 Å². The minimum atomic E-state index is -0.466. The van der Waals surface area contributed by atoms with Crippen LogP contribution in [0.15, 0.2) is 45.7 Å². The van der Waals surface area contributed by atoms with E-state index in [1.807, 2.05) is 12.1 Å². The third-order valence-electron chi connectivity index (χ3n) is 4.65. The first-order chi connectivity index (χ1) is 13.5. The second-order valence-electron chi connectivity index (χ2n) is 6.56. The number of hydrogen-bond acceptors (Lipinski definition) is 5. The van der Waals surface area contributed by atoms with E-state index in [9.17, 15) is 14.4 Å². The number of likely N-dealkylation sites (tertiary alicyclic amines) is 1. The Kier molecular flexibility index (Phi) is 5.28. The van der Waals surface area contributed by atoms with Crippen molar-refractivity contribution in [2.45, 2.75) is 12.8 Å². The van der Waals surface area contributed by atoms with Crippen molar-refractivity contribution in [3.8, 4) is 11.3 Å². The van der Waals surface area contributed by atoms with E-state index < -0.39 is 11.1 Å². The first kappa shape index (κ1) is 18.8. The molecule has 0 atom stereocenters. The summed E-state index contributed by atoms with van der Waals surface area (Å²) >= 11 is 6.71. The van der Waals surface area contributed by atoms with Crippen molar-refractivity contribution >= 4 is 46.5 Å². The minimum Gasteiger partial charge on any atom is -0.457 e. The number of thioether (sulfide) groups is 1. The Morgan fingerprint density at radius 2 is 1.82 bits per heavy atom. The maximum absolute atomic E-state index is 12.6. The fraction of sp³-hybridized carbons (Fsp3) is 0.250. The Balaban J connectivity index is 1.48. The number of carbonyl (C=O) groups is 3. The summed E-state index contributed by atoms with van der Waals surface area (Å²) in [4.78, 5) is 40.0. The Bertz CT molecular complexity index is 961. The van der Waals surface area contributed by atoms with E-state index in [0.29, 0.717) is 29.6 Å². The summed E-state index contributed by atoms with van der Waals surface area (Å²) in [7, 11) is 0. The maximum atomic E-state index is 12.6. The molecule has 3 amide bonds. The fourth-order valence-electron chi connectivity index (χ4n) is 3.17. The zero-order valence-corrected chi connectivity index (χ0v) is 16.5. The van der Waals surface area contributed by atoms with Gasteiger partial charge in [-0.3, -0.25) is 19.3 Å². The van der Waals surface area contributed by atoms with Gasteiger partial charge >= 0.3 is 0 Å². The lowest BCUT2D eigenvalue weighted by Gasteiger charge is -2.18. The van der Waals surface area contributed by atoms with Gasteiger partial charge in [0.2, 0.25) is 5.91 Å². The molecule has 0 saturated carbocycles. The molecule has 2 saturated heterocycles. The summed E-state index contributed by atoms with van der Waals surface area (Å²) < 4.78 is 5.76. The first-order valence-corrected chi connectivity index (χ1v) is 10.1. The highest BCUT2D eigenvalue weighted by Crippen LogP contribution is 2.33. The first-order valence-electron chi connectivity index (χ1n) is 8.90. The van der Waals surface area contributed by atoms with Crippen LogP contribution in [0, 0.1) is 0 Å². The van der Waals surface area contributed by atoms with Crippen LogP contribution in [0.2, 0.25) is 5.02 Å². The Labute approximate surface area is 171 Å². The van der Waals surface area contributed by atoms with Gasteiger partial charge in [-0.1, -0.05) is 11.6 Å². The smallest absolute Gasteiger partial charge is 0.294 e. The Hall–Kier alpha value is -2.51. The van der Waals surface area contributed by atoms with E-state index >= 15 is 0 Å². The topological polar surface area (TPSA) is 70.8 Å². The summed E-state index contributed by atoms with van der Waals surface area (Å²) in [6.07, 6.45) is 3.45. The van der Waals surface area contributed by atoms with Gasteiger partial charge in [0.1, 0.15) is 18.1 Å². The molecule has 2 aliphatic heterocycles.